The number of hydrogen-bond donors (Lipinski definition) is 2. The van der Waals surface area contributed by atoms with Gasteiger partial charge in [-0.25, -0.2) is 0 Å². The first-order valence-corrected chi connectivity index (χ1v) is 9.80. The molecule has 1 aliphatic heterocycles. The van der Waals surface area contributed by atoms with Crippen molar-refractivity contribution in [1.82, 2.24) is 20.4 Å². The summed E-state index contributed by atoms with van der Waals surface area (Å²) in [6, 6.07) is 7.42. The third-order valence-electron chi connectivity index (χ3n) is 4.80. The van der Waals surface area contributed by atoms with Gasteiger partial charge >= 0.3 is 0 Å². The first kappa shape index (κ1) is 21.9. The van der Waals surface area contributed by atoms with Gasteiger partial charge in [0.1, 0.15) is 0 Å². The van der Waals surface area contributed by atoms with E-state index in [0.717, 1.165) is 25.2 Å². The molecule has 28 heavy (non-hydrogen) atoms. The molecule has 7 nitrogen and oxygen atoms in total. The molecule has 7 heteroatoms. The van der Waals surface area contributed by atoms with E-state index in [1.807, 2.05) is 49.9 Å². The molecule has 0 aliphatic carbocycles. The lowest BCUT2D eigenvalue weighted by Gasteiger charge is -2.34. The zero-order chi connectivity index (χ0) is 20.7. The van der Waals surface area contributed by atoms with Crippen molar-refractivity contribution in [3.05, 3.63) is 35.4 Å². The van der Waals surface area contributed by atoms with Crippen LogP contribution in [0.2, 0.25) is 0 Å². The highest BCUT2D eigenvalue weighted by molar-refractivity contribution is 5.94. The minimum atomic E-state index is -0.416. The van der Waals surface area contributed by atoms with Gasteiger partial charge in [-0.15, -0.1) is 0 Å². The van der Waals surface area contributed by atoms with Gasteiger partial charge in [-0.1, -0.05) is 32.9 Å². The van der Waals surface area contributed by atoms with Crippen LogP contribution >= 0.6 is 0 Å². The number of benzene rings is 1. The lowest BCUT2D eigenvalue weighted by molar-refractivity contribution is -0.128. The van der Waals surface area contributed by atoms with Crippen LogP contribution < -0.4 is 10.6 Å². The summed E-state index contributed by atoms with van der Waals surface area (Å²) in [5.41, 5.74) is 1.22. The van der Waals surface area contributed by atoms with Crippen molar-refractivity contribution >= 4 is 17.7 Å². The van der Waals surface area contributed by atoms with Gasteiger partial charge in [0.25, 0.3) is 5.91 Å². The van der Waals surface area contributed by atoms with Gasteiger partial charge in [-0.3, -0.25) is 19.3 Å². The zero-order valence-electron chi connectivity index (χ0n) is 17.4. The highest BCUT2D eigenvalue weighted by Gasteiger charge is 2.22. The maximum atomic E-state index is 12.7. The van der Waals surface area contributed by atoms with Gasteiger partial charge in [-0.2, -0.15) is 0 Å². The summed E-state index contributed by atoms with van der Waals surface area (Å²) in [5.74, 6) is 0.0195. The molecule has 2 rings (SSSR count). The number of amides is 3. The number of nitrogens with one attached hydrogen (secondary N) is 2. The van der Waals surface area contributed by atoms with Crippen molar-refractivity contribution < 1.29 is 14.4 Å². The quantitative estimate of drug-likeness (QED) is 0.768. The van der Waals surface area contributed by atoms with Crippen molar-refractivity contribution in [1.29, 1.82) is 0 Å². The summed E-state index contributed by atoms with van der Waals surface area (Å²) in [6.45, 7) is 12.0. The van der Waals surface area contributed by atoms with Gasteiger partial charge in [0.2, 0.25) is 11.8 Å². The molecule has 1 saturated heterocycles. The average Bonchev–Trinajstić information content (AvgIpc) is 2.65. The van der Waals surface area contributed by atoms with E-state index in [1.54, 1.807) is 0 Å². The smallest absolute Gasteiger partial charge is 0.253 e. The predicted molar refractivity (Wildman–Crippen MR) is 109 cm³/mol. The van der Waals surface area contributed by atoms with Gasteiger partial charge < -0.3 is 15.5 Å². The second-order valence-electron chi connectivity index (χ2n) is 8.25. The molecular weight excluding hydrogens is 356 g/mol. The van der Waals surface area contributed by atoms with Crippen LogP contribution in [0.5, 0.6) is 0 Å². The van der Waals surface area contributed by atoms with Crippen molar-refractivity contribution in [2.24, 2.45) is 5.41 Å². The molecule has 1 heterocycles. The first-order chi connectivity index (χ1) is 13.2. The SMILES string of the molecule is CC(=O)NCCN1CCN(C(=O)c2ccc(CNC(=O)C(C)(C)C)cc2)CC1. The maximum absolute atomic E-state index is 12.7. The molecule has 0 spiro atoms. The molecule has 0 saturated carbocycles. The Morgan fingerprint density at radius 2 is 1.57 bits per heavy atom. The van der Waals surface area contributed by atoms with E-state index in [2.05, 4.69) is 15.5 Å². The average molecular weight is 389 g/mol. The monoisotopic (exact) mass is 388 g/mol. The summed E-state index contributed by atoms with van der Waals surface area (Å²) in [6.07, 6.45) is 0. The molecule has 2 N–H and O–H groups in total. The Morgan fingerprint density at radius 3 is 2.11 bits per heavy atom. The number of carbonyl (C=O) groups excluding carboxylic acids is 3. The second kappa shape index (κ2) is 9.68. The normalized spacial score (nSPS) is 15.2. The third kappa shape index (κ3) is 6.64. The molecule has 0 radical (unpaired) electrons. The number of hydrogen-bond acceptors (Lipinski definition) is 4. The molecule has 0 unspecified atom stereocenters. The first-order valence-electron chi connectivity index (χ1n) is 9.80. The fourth-order valence-corrected chi connectivity index (χ4v) is 2.96. The van der Waals surface area contributed by atoms with Crippen molar-refractivity contribution in [2.75, 3.05) is 39.3 Å². The molecule has 154 valence electrons. The number of piperazine rings is 1. The van der Waals surface area contributed by atoms with Crippen LogP contribution in [0, 0.1) is 5.41 Å². The highest BCUT2D eigenvalue weighted by Crippen LogP contribution is 2.14. The Hall–Kier alpha value is -2.41. The Morgan fingerprint density at radius 1 is 0.964 bits per heavy atom. The Balaban J connectivity index is 1.80. The van der Waals surface area contributed by atoms with Gasteiger partial charge in [0.05, 0.1) is 0 Å². The standard InChI is InChI=1S/C21H32N4O3/c1-16(26)22-9-10-24-11-13-25(14-12-24)19(27)18-7-5-17(6-8-18)15-23-20(28)21(2,3)4/h5-8H,9-15H2,1-4H3,(H,22,26)(H,23,28). The van der Waals surface area contributed by atoms with Gasteiger partial charge in [-0.05, 0) is 17.7 Å². The van der Waals surface area contributed by atoms with Crippen LogP contribution in [-0.2, 0) is 16.1 Å². The van der Waals surface area contributed by atoms with E-state index in [-0.39, 0.29) is 17.7 Å². The second-order valence-corrected chi connectivity index (χ2v) is 8.25. The van der Waals surface area contributed by atoms with Crippen LogP contribution in [0.4, 0.5) is 0 Å². The third-order valence-corrected chi connectivity index (χ3v) is 4.80. The fourth-order valence-electron chi connectivity index (χ4n) is 2.96. The van der Waals surface area contributed by atoms with E-state index < -0.39 is 5.41 Å². The van der Waals surface area contributed by atoms with E-state index in [9.17, 15) is 14.4 Å². The lowest BCUT2D eigenvalue weighted by Crippen LogP contribution is -2.50. The van der Waals surface area contributed by atoms with E-state index in [0.29, 0.717) is 31.7 Å². The van der Waals surface area contributed by atoms with E-state index in [4.69, 9.17) is 0 Å². The minimum absolute atomic E-state index is 0.00373. The Kier molecular flexibility index (Phi) is 7.57. The maximum Gasteiger partial charge on any atom is 0.253 e. The van der Waals surface area contributed by atoms with Crippen LogP contribution in [0.25, 0.3) is 0 Å². The topological polar surface area (TPSA) is 81.8 Å². The zero-order valence-corrected chi connectivity index (χ0v) is 17.4. The van der Waals surface area contributed by atoms with Crippen molar-refractivity contribution in [3.8, 4) is 0 Å². The molecule has 1 fully saturated rings. The largest absolute Gasteiger partial charge is 0.355 e. The molecule has 0 aromatic heterocycles. The molecule has 0 atom stereocenters. The number of carbonyl (C=O) groups is 3. The lowest BCUT2D eigenvalue weighted by atomic mass is 9.95. The predicted octanol–water partition coefficient (Wildman–Crippen LogP) is 1.24. The molecular formula is C21H32N4O3. The summed E-state index contributed by atoms with van der Waals surface area (Å²) in [5, 5.41) is 5.71. The van der Waals surface area contributed by atoms with Crippen LogP contribution in [-0.4, -0.2) is 66.8 Å². The molecule has 3 amide bonds. The molecule has 1 aromatic rings. The van der Waals surface area contributed by atoms with Crippen molar-refractivity contribution in [3.63, 3.8) is 0 Å². The van der Waals surface area contributed by atoms with Gasteiger partial charge in [0, 0.05) is 63.7 Å². The highest BCUT2D eigenvalue weighted by atomic mass is 16.2. The van der Waals surface area contributed by atoms with Gasteiger partial charge in [0.15, 0.2) is 0 Å². The summed E-state index contributed by atoms with van der Waals surface area (Å²) < 4.78 is 0. The van der Waals surface area contributed by atoms with E-state index >= 15 is 0 Å². The number of nitrogens with zero attached hydrogens (tertiary/aromatic N) is 2. The summed E-state index contributed by atoms with van der Waals surface area (Å²) in [4.78, 5) is 39.7. The summed E-state index contributed by atoms with van der Waals surface area (Å²) in [7, 11) is 0. The fraction of sp³-hybridized carbons (Fsp3) is 0.571. The summed E-state index contributed by atoms with van der Waals surface area (Å²) >= 11 is 0. The van der Waals surface area contributed by atoms with E-state index in [1.165, 1.54) is 6.92 Å². The Labute approximate surface area is 167 Å². The Bertz CT molecular complexity index is 687. The molecule has 1 aromatic carbocycles. The van der Waals surface area contributed by atoms with Crippen LogP contribution in [0.3, 0.4) is 0 Å². The number of rotatable bonds is 6. The molecule has 0 bridgehead atoms. The molecule has 1 aliphatic rings. The van der Waals surface area contributed by atoms with Crippen LogP contribution in [0.15, 0.2) is 24.3 Å². The van der Waals surface area contributed by atoms with Crippen molar-refractivity contribution in [2.45, 2.75) is 34.2 Å². The van der Waals surface area contributed by atoms with Crippen LogP contribution in [0.1, 0.15) is 43.6 Å². The minimum Gasteiger partial charge on any atom is -0.355 e.